The number of thiophene rings is 1. The average Bonchev–Trinajstić information content (AvgIpc) is 3.63. The number of sulfonamides is 1. The molecule has 0 saturated heterocycles. The minimum Gasteiger partial charge on any atom is -0.316 e. The van der Waals surface area contributed by atoms with E-state index in [0.717, 1.165) is 49.0 Å². The molecule has 8 nitrogen and oxygen atoms in total. The summed E-state index contributed by atoms with van der Waals surface area (Å²) in [7, 11) is -3.74. The molecule has 4 rings (SSSR count). The molecule has 0 radical (unpaired) electrons. The Morgan fingerprint density at radius 1 is 1.26 bits per heavy atom. The van der Waals surface area contributed by atoms with Gasteiger partial charge in [0, 0.05) is 23.8 Å². The first-order valence-corrected chi connectivity index (χ1v) is 13.4. The highest BCUT2D eigenvalue weighted by molar-refractivity contribution is 7.90. The van der Waals surface area contributed by atoms with Crippen LogP contribution in [0.1, 0.15) is 62.3 Å². The zero-order valence-corrected chi connectivity index (χ0v) is 19.4. The Hall–Kier alpha value is -1.96. The maximum Gasteiger partial charge on any atom is 0.243 e. The van der Waals surface area contributed by atoms with Gasteiger partial charge in [0.25, 0.3) is 0 Å². The van der Waals surface area contributed by atoms with Crippen LogP contribution in [0.15, 0.2) is 9.89 Å². The largest absolute Gasteiger partial charge is 0.316 e. The third-order valence-corrected chi connectivity index (χ3v) is 8.80. The quantitative estimate of drug-likeness (QED) is 0.225. The van der Waals surface area contributed by atoms with Gasteiger partial charge in [-0.2, -0.15) is 5.26 Å². The molecule has 1 atom stereocenters. The van der Waals surface area contributed by atoms with Crippen LogP contribution in [-0.4, -0.2) is 32.7 Å². The Balaban J connectivity index is 1.63. The van der Waals surface area contributed by atoms with Crippen LogP contribution in [0.4, 0.5) is 5.00 Å². The summed E-state index contributed by atoms with van der Waals surface area (Å²) in [5, 5.41) is 15.0. The molecule has 0 aromatic carbocycles. The lowest BCUT2D eigenvalue weighted by molar-refractivity contribution is -0.117. The number of carbonyl (C=O) groups is 1. The fourth-order valence-corrected chi connectivity index (χ4v) is 6.96. The molecular formula is C21H29N5O3S2. The summed E-state index contributed by atoms with van der Waals surface area (Å²) in [6, 6.07) is -0.0890. The van der Waals surface area contributed by atoms with Gasteiger partial charge in [0.15, 0.2) is 6.19 Å². The molecule has 1 aromatic rings. The highest BCUT2D eigenvalue weighted by Crippen LogP contribution is 2.43. The van der Waals surface area contributed by atoms with E-state index in [-0.39, 0.29) is 22.8 Å². The van der Waals surface area contributed by atoms with Gasteiger partial charge >= 0.3 is 0 Å². The lowest BCUT2D eigenvalue weighted by Gasteiger charge is -2.21. The summed E-state index contributed by atoms with van der Waals surface area (Å²) < 4.78 is 29.3. The number of nitrogens with one attached hydrogen (secondary N) is 3. The Labute approximate surface area is 187 Å². The highest BCUT2D eigenvalue weighted by Gasteiger charge is 2.36. The summed E-state index contributed by atoms with van der Waals surface area (Å²) in [6.07, 6.45) is 9.31. The molecule has 2 fully saturated rings. The SMILES string of the molecule is CCCC(=NC1CCc2sc(NC(=O)C3CC3)c(S(=O)(=O)NCC3CC3)c2C1)NC#N. The van der Waals surface area contributed by atoms with E-state index in [1.54, 1.807) is 0 Å². The topological polar surface area (TPSA) is 123 Å². The summed E-state index contributed by atoms with van der Waals surface area (Å²) in [5.74, 6) is 0.974. The number of hydrogen-bond acceptors (Lipinski definition) is 6. The molecular weight excluding hydrogens is 434 g/mol. The van der Waals surface area contributed by atoms with Crippen molar-refractivity contribution in [3.8, 4) is 6.19 Å². The van der Waals surface area contributed by atoms with Gasteiger partial charge in [-0.25, -0.2) is 13.1 Å². The van der Waals surface area contributed by atoms with Gasteiger partial charge in [-0.05, 0) is 62.8 Å². The molecule has 3 aliphatic carbocycles. The third kappa shape index (κ3) is 5.45. The fourth-order valence-electron chi connectivity index (χ4n) is 3.88. The number of anilines is 1. The molecule has 1 unspecified atom stereocenters. The minimum absolute atomic E-state index is 0.000104. The van der Waals surface area contributed by atoms with E-state index < -0.39 is 10.0 Å². The summed E-state index contributed by atoms with van der Waals surface area (Å²) >= 11 is 1.39. The molecule has 1 amide bonds. The smallest absolute Gasteiger partial charge is 0.243 e. The Morgan fingerprint density at radius 2 is 2.03 bits per heavy atom. The Morgan fingerprint density at radius 3 is 2.68 bits per heavy atom. The second kappa shape index (κ2) is 9.27. The zero-order chi connectivity index (χ0) is 22.0. The highest BCUT2D eigenvalue weighted by atomic mass is 32.2. The lowest BCUT2D eigenvalue weighted by atomic mass is 9.94. The first kappa shape index (κ1) is 22.2. The van der Waals surface area contributed by atoms with Crippen molar-refractivity contribution in [2.24, 2.45) is 16.8 Å². The van der Waals surface area contributed by atoms with Crippen LogP contribution in [0.3, 0.4) is 0 Å². The molecule has 10 heteroatoms. The van der Waals surface area contributed by atoms with Crippen LogP contribution in [-0.2, 0) is 27.7 Å². The minimum atomic E-state index is -3.74. The standard InChI is InChI=1S/C21H29N5O3S2/c1-2-3-18(23-12-22)25-15-8-9-17-16(10-15)19(31(28,29)24-11-13-4-5-13)21(30-17)26-20(27)14-6-7-14/h13-15,24H,2-11H2,1H3,(H,23,25)(H,26,27). The molecule has 2 saturated carbocycles. The van der Waals surface area contributed by atoms with Gasteiger partial charge in [-0.3, -0.25) is 15.1 Å². The number of nitriles is 1. The third-order valence-electron chi connectivity index (χ3n) is 5.92. The van der Waals surface area contributed by atoms with E-state index in [9.17, 15) is 13.2 Å². The summed E-state index contributed by atoms with van der Waals surface area (Å²) in [4.78, 5) is 18.4. The molecule has 1 aromatic heterocycles. The Bertz CT molecular complexity index is 1020. The summed E-state index contributed by atoms with van der Waals surface area (Å²) in [5.41, 5.74) is 0.771. The van der Waals surface area contributed by atoms with Crippen LogP contribution in [0.25, 0.3) is 0 Å². The van der Waals surface area contributed by atoms with Crippen molar-refractivity contribution in [1.82, 2.24) is 10.0 Å². The molecule has 168 valence electrons. The molecule has 31 heavy (non-hydrogen) atoms. The van der Waals surface area contributed by atoms with Crippen LogP contribution >= 0.6 is 11.3 Å². The van der Waals surface area contributed by atoms with E-state index in [1.807, 2.05) is 13.1 Å². The van der Waals surface area contributed by atoms with Crippen molar-refractivity contribution in [2.45, 2.75) is 75.6 Å². The molecule has 0 spiro atoms. The number of hydrogen-bond donors (Lipinski definition) is 3. The predicted molar refractivity (Wildman–Crippen MR) is 120 cm³/mol. The fraction of sp³-hybridized carbons (Fsp3) is 0.667. The number of aliphatic imine (C=N–C) groups is 1. The number of amidine groups is 1. The van der Waals surface area contributed by atoms with E-state index in [4.69, 9.17) is 10.3 Å². The number of nitrogens with zero attached hydrogens (tertiary/aromatic N) is 2. The van der Waals surface area contributed by atoms with E-state index in [2.05, 4.69) is 15.4 Å². The maximum atomic E-state index is 13.3. The van der Waals surface area contributed by atoms with Crippen LogP contribution in [0.2, 0.25) is 0 Å². The zero-order valence-electron chi connectivity index (χ0n) is 17.7. The van der Waals surface area contributed by atoms with Crippen LogP contribution in [0.5, 0.6) is 0 Å². The van der Waals surface area contributed by atoms with Gasteiger partial charge in [0.1, 0.15) is 15.7 Å². The maximum absolute atomic E-state index is 13.3. The lowest BCUT2D eigenvalue weighted by Crippen LogP contribution is -2.29. The number of carbonyl (C=O) groups excluding carboxylic acids is 1. The van der Waals surface area contributed by atoms with Crippen molar-refractivity contribution in [3.63, 3.8) is 0 Å². The van der Waals surface area contributed by atoms with E-state index in [0.29, 0.717) is 42.6 Å². The molecule has 0 aliphatic heterocycles. The first-order valence-electron chi connectivity index (χ1n) is 11.1. The van der Waals surface area contributed by atoms with Crippen molar-refractivity contribution >= 4 is 38.1 Å². The molecule has 3 aliphatic rings. The normalized spacial score (nSPS) is 21.3. The van der Waals surface area contributed by atoms with E-state index in [1.165, 1.54) is 11.3 Å². The van der Waals surface area contributed by atoms with Gasteiger partial charge in [-0.15, -0.1) is 11.3 Å². The first-order chi connectivity index (χ1) is 14.9. The van der Waals surface area contributed by atoms with Gasteiger partial charge in [-0.1, -0.05) is 6.92 Å². The van der Waals surface area contributed by atoms with Crippen molar-refractivity contribution in [3.05, 3.63) is 10.4 Å². The van der Waals surface area contributed by atoms with Crippen molar-refractivity contribution in [2.75, 3.05) is 11.9 Å². The van der Waals surface area contributed by atoms with Crippen molar-refractivity contribution < 1.29 is 13.2 Å². The average molecular weight is 464 g/mol. The molecule has 3 N–H and O–H groups in total. The van der Waals surface area contributed by atoms with Crippen molar-refractivity contribution in [1.29, 1.82) is 5.26 Å². The number of amides is 1. The van der Waals surface area contributed by atoms with E-state index >= 15 is 0 Å². The predicted octanol–water partition coefficient (Wildman–Crippen LogP) is 2.91. The van der Waals surface area contributed by atoms with Gasteiger partial charge in [0.2, 0.25) is 15.9 Å². The molecule has 1 heterocycles. The number of fused-ring (bicyclic) bond motifs is 1. The van der Waals surface area contributed by atoms with Gasteiger partial charge in [0.05, 0.1) is 6.04 Å². The monoisotopic (exact) mass is 463 g/mol. The number of rotatable bonds is 9. The number of aryl methyl sites for hydroxylation is 1. The Kier molecular flexibility index (Phi) is 6.65. The second-order valence-electron chi connectivity index (χ2n) is 8.68. The van der Waals surface area contributed by atoms with Gasteiger partial charge < -0.3 is 5.32 Å². The second-order valence-corrected chi connectivity index (χ2v) is 11.5. The van der Waals surface area contributed by atoms with Crippen LogP contribution < -0.4 is 15.4 Å². The summed E-state index contributed by atoms with van der Waals surface area (Å²) in [6.45, 7) is 2.47. The molecule has 0 bridgehead atoms. The van der Waals surface area contributed by atoms with Crippen LogP contribution in [0, 0.1) is 23.3 Å².